The van der Waals surface area contributed by atoms with E-state index in [0.717, 1.165) is 25.7 Å². The quantitative estimate of drug-likeness (QED) is 0.664. The smallest absolute Gasteiger partial charge is 0.319 e. The molecule has 7 heteroatoms. The van der Waals surface area contributed by atoms with Crippen LogP contribution >= 0.6 is 11.6 Å². The third-order valence-corrected chi connectivity index (χ3v) is 4.05. The number of carbonyl (C=O) groups is 2. The maximum Gasteiger partial charge on any atom is 0.319 e. The highest BCUT2D eigenvalue weighted by atomic mass is 35.5. The van der Waals surface area contributed by atoms with E-state index in [4.69, 9.17) is 17.3 Å². The minimum Gasteiger partial charge on any atom is -0.335 e. The van der Waals surface area contributed by atoms with E-state index in [1.165, 1.54) is 6.42 Å². The van der Waals surface area contributed by atoms with Gasteiger partial charge >= 0.3 is 6.03 Å². The fourth-order valence-corrected chi connectivity index (χ4v) is 2.84. The molecule has 0 bridgehead atoms. The number of carbonyl (C=O) groups excluding carboxylic acids is 2. The van der Waals surface area contributed by atoms with E-state index in [9.17, 15) is 9.59 Å². The number of urea groups is 1. The highest BCUT2D eigenvalue weighted by molar-refractivity contribution is 6.31. The molecule has 0 spiro atoms. The van der Waals surface area contributed by atoms with Crippen molar-refractivity contribution in [3.63, 3.8) is 0 Å². The van der Waals surface area contributed by atoms with Crippen molar-refractivity contribution in [2.45, 2.75) is 44.6 Å². The highest BCUT2D eigenvalue weighted by Crippen LogP contribution is 2.26. The summed E-state index contributed by atoms with van der Waals surface area (Å²) in [7, 11) is 0. The number of anilines is 2. The SMILES string of the molecule is NCCC(=O)Nc1cc(Cl)ccc1NC(=O)NC1CCCCC1. The third kappa shape index (κ3) is 5.73. The number of rotatable bonds is 5. The van der Waals surface area contributed by atoms with Crippen molar-refractivity contribution in [1.29, 1.82) is 0 Å². The Bertz CT molecular complexity index is 559. The van der Waals surface area contributed by atoms with Crippen LogP contribution in [0.3, 0.4) is 0 Å². The van der Waals surface area contributed by atoms with Crippen LogP contribution in [-0.2, 0) is 4.79 Å². The van der Waals surface area contributed by atoms with E-state index < -0.39 is 0 Å². The molecule has 0 aromatic heterocycles. The summed E-state index contributed by atoms with van der Waals surface area (Å²) in [5.74, 6) is -0.217. The molecule has 1 aromatic carbocycles. The maximum absolute atomic E-state index is 12.1. The van der Waals surface area contributed by atoms with Crippen molar-refractivity contribution in [1.82, 2.24) is 5.32 Å². The Kier molecular flexibility index (Phi) is 6.67. The molecule has 1 aliphatic carbocycles. The summed E-state index contributed by atoms with van der Waals surface area (Å²) in [5.41, 5.74) is 6.34. The summed E-state index contributed by atoms with van der Waals surface area (Å²) >= 11 is 5.97. The molecule has 0 saturated heterocycles. The van der Waals surface area contributed by atoms with Gasteiger partial charge in [-0.05, 0) is 31.0 Å². The lowest BCUT2D eigenvalue weighted by molar-refractivity contribution is -0.116. The molecule has 23 heavy (non-hydrogen) atoms. The third-order valence-electron chi connectivity index (χ3n) is 3.82. The molecule has 126 valence electrons. The summed E-state index contributed by atoms with van der Waals surface area (Å²) in [4.78, 5) is 23.9. The van der Waals surface area contributed by atoms with E-state index in [2.05, 4.69) is 16.0 Å². The van der Waals surface area contributed by atoms with Crippen LogP contribution in [0.25, 0.3) is 0 Å². The molecule has 6 nitrogen and oxygen atoms in total. The van der Waals surface area contributed by atoms with Gasteiger partial charge < -0.3 is 21.7 Å². The largest absolute Gasteiger partial charge is 0.335 e. The fraction of sp³-hybridized carbons (Fsp3) is 0.500. The van der Waals surface area contributed by atoms with Gasteiger partial charge in [0.2, 0.25) is 5.91 Å². The molecule has 0 radical (unpaired) electrons. The Morgan fingerprint density at radius 1 is 1.13 bits per heavy atom. The van der Waals surface area contributed by atoms with Crippen LogP contribution in [0.1, 0.15) is 38.5 Å². The molecule has 3 amide bonds. The average molecular weight is 339 g/mol. The zero-order valence-electron chi connectivity index (χ0n) is 13.0. The van der Waals surface area contributed by atoms with E-state index >= 15 is 0 Å². The first-order chi connectivity index (χ1) is 11.1. The van der Waals surface area contributed by atoms with Crippen molar-refractivity contribution in [2.75, 3.05) is 17.2 Å². The normalized spacial score (nSPS) is 15.0. The topological polar surface area (TPSA) is 96.2 Å². The van der Waals surface area contributed by atoms with Crippen LogP contribution < -0.4 is 21.7 Å². The molecule has 0 atom stereocenters. The van der Waals surface area contributed by atoms with Crippen molar-refractivity contribution < 1.29 is 9.59 Å². The molecule has 0 aliphatic heterocycles. The summed E-state index contributed by atoms with van der Waals surface area (Å²) in [5, 5.41) is 8.94. The first kappa shape index (κ1) is 17.6. The summed E-state index contributed by atoms with van der Waals surface area (Å²) in [6.45, 7) is 0.261. The second kappa shape index (κ2) is 8.74. The predicted molar refractivity (Wildman–Crippen MR) is 92.8 cm³/mol. The van der Waals surface area contributed by atoms with Gasteiger partial charge in [-0.25, -0.2) is 4.79 Å². The van der Waals surface area contributed by atoms with E-state index in [-0.39, 0.29) is 30.9 Å². The minimum atomic E-state index is -0.270. The lowest BCUT2D eigenvalue weighted by Crippen LogP contribution is -2.39. The van der Waals surface area contributed by atoms with Crippen LogP contribution in [0.15, 0.2) is 18.2 Å². The number of hydrogen-bond donors (Lipinski definition) is 4. The molecular formula is C16H23ClN4O2. The molecule has 1 aliphatic rings. The molecule has 5 N–H and O–H groups in total. The molecule has 1 saturated carbocycles. The average Bonchev–Trinajstić information content (AvgIpc) is 2.51. The number of nitrogens with two attached hydrogens (primary N) is 1. The van der Waals surface area contributed by atoms with Crippen LogP contribution in [0.5, 0.6) is 0 Å². The summed E-state index contributed by atoms with van der Waals surface area (Å²) < 4.78 is 0. The standard InChI is InChI=1S/C16H23ClN4O2/c17-11-6-7-13(14(10-11)20-15(22)8-9-18)21-16(23)19-12-4-2-1-3-5-12/h6-7,10,12H,1-5,8-9,18H2,(H,20,22)(H2,19,21,23). The zero-order chi connectivity index (χ0) is 16.7. The Morgan fingerprint density at radius 2 is 1.87 bits per heavy atom. The molecule has 0 unspecified atom stereocenters. The number of hydrogen-bond acceptors (Lipinski definition) is 3. The van der Waals surface area contributed by atoms with Gasteiger partial charge in [-0.3, -0.25) is 4.79 Å². The number of benzene rings is 1. The van der Waals surface area contributed by atoms with Gasteiger partial charge in [0.1, 0.15) is 0 Å². The van der Waals surface area contributed by atoms with Crippen molar-refractivity contribution in [3.05, 3.63) is 23.2 Å². The van der Waals surface area contributed by atoms with Gasteiger partial charge in [-0.1, -0.05) is 30.9 Å². The van der Waals surface area contributed by atoms with Crippen LogP contribution in [0, 0.1) is 0 Å². The Hall–Kier alpha value is -1.79. The fourth-order valence-electron chi connectivity index (χ4n) is 2.66. The number of nitrogens with one attached hydrogen (secondary N) is 3. The highest BCUT2D eigenvalue weighted by Gasteiger charge is 2.16. The van der Waals surface area contributed by atoms with Crippen molar-refractivity contribution >= 4 is 34.9 Å². The van der Waals surface area contributed by atoms with Gasteiger partial charge in [0, 0.05) is 24.0 Å². The minimum absolute atomic E-state index is 0.209. The van der Waals surface area contributed by atoms with Gasteiger partial charge in [-0.2, -0.15) is 0 Å². The van der Waals surface area contributed by atoms with Gasteiger partial charge in [-0.15, -0.1) is 0 Å². The summed E-state index contributed by atoms with van der Waals surface area (Å²) in [6, 6.07) is 4.88. The lowest BCUT2D eigenvalue weighted by Gasteiger charge is -2.23. The molecule has 1 aromatic rings. The molecular weight excluding hydrogens is 316 g/mol. The Balaban J connectivity index is 2.00. The number of amides is 3. The Labute approximate surface area is 141 Å². The summed E-state index contributed by atoms with van der Waals surface area (Å²) in [6.07, 6.45) is 5.75. The van der Waals surface area contributed by atoms with E-state index in [1.54, 1.807) is 18.2 Å². The molecule has 2 rings (SSSR count). The van der Waals surface area contributed by atoms with Crippen LogP contribution in [0.4, 0.5) is 16.2 Å². The monoisotopic (exact) mass is 338 g/mol. The molecule has 1 fully saturated rings. The van der Waals surface area contributed by atoms with Crippen molar-refractivity contribution in [2.24, 2.45) is 5.73 Å². The first-order valence-corrected chi connectivity index (χ1v) is 8.33. The van der Waals surface area contributed by atoms with Crippen LogP contribution in [-0.4, -0.2) is 24.5 Å². The second-order valence-electron chi connectivity index (χ2n) is 5.71. The van der Waals surface area contributed by atoms with Gasteiger partial charge in [0.25, 0.3) is 0 Å². The lowest BCUT2D eigenvalue weighted by atomic mass is 9.96. The second-order valence-corrected chi connectivity index (χ2v) is 6.15. The van der Waals surface area contributed by atoms with E-state index in [0.29, 0.717) is 16.4 Å². The van der Waals surface area contributed by atoms with E-state index in [1.807, 2.05) is 0 Å². The van der Waals surface area contributed by atoms with Gasteiger partial charge in [0.05, 0.1) is 11.4 Å². The maximum atomic E-state index is 12.1. The number of halogens is 1. The zero-order valence-corrected chi connectivity index (χ0v) is 13.8. The van der Waals surface area contributed by atoms with Crippen LogP contribution in [0.2, 0.25) is 5.02 Å². The first-order valence-electron chi connectivity index (χ1n) is 7.95. The van der Waals surface area contributed by atoms with Gasteiger partial charge in [0.15, 0.2) is 0 Å². The van der Waals surface area contributed by atoms with Crippen molar-refractivity contribution in [3.8, 4) is 0 Å². The molecule has 0 heterocycles. The predicted octanol–water partition coefficient (Wildman–Crippen LogP) is 3.08. The Morgan fingerprint density at radius 3 is 2.57 bits per heavy atom.